The Morgan fingerprint density at radius 1 is 1.25 bits per heavy atom. The van der Waals surface area contributed by atoms with Crippen LogP contribution in [0, 0.1) is 0 Å². The molecule has 0 amide bonds. The minimum atomic E-state index is 0.318. The van der Waals surface area contributed by atoms with Crippen LogP contribution in [-0.2, 0) is 13.6 Å². The Bertz CT molecular complexity index is 435. The molecule has 0 aliphatic carbocycles. The van der Waals surface area contributed by atoms with Gasteiger partial charge in [0.25, 0.3) is 0 Å². The summed E-state index contributed by atoms with van der Waals surface area (Å²) < 4.78 is 1.88. The molecular weight excluding hydrogens is 200 g/mol. The lowest BCUT2D eigenvalue weighted by Gasteiger charge is -2.13. The van der Waals surface area contributed by atoms with Crippen LogP contribution in [0.2, 0.25) is 0 Å². The topological polar surface area (TPSA) is 42.7 Å². The van der Waals surface area contributed by atoms with Gasteiger partial charge in [0, 0.05) is 38.2 Å². The summed E-state index contributed by atoms with van der Waals surface area (Å²) in [6.45, 7) is 2.96. The fraction of sp³-hybridized carbons (Fsp3) is 0.333. The highest BCUT2D eigenvalue weighted by Gasteiger charge is 2.05. The van der Waals surface area contributed by atoms with Crippen LogP contribution < -0.4 is 5.32 Å². The third-order valence-corrected chi connectivity index (χ3v) is 2.72. The molecule has 1 atom stereocenters. The van der Waals surface area contributed by atoms with Crippen molar-refractivity contribution in [2.24, 2.45) is 7.05 Å². The van der Waals surface area contributed by atoms with E-state index in [0.717, 1.165) is 6.54 Å². The maximum Gasteiger partial charge on any atom is 0.0518 e. The van der Waals surface area contributed by atoms with Gasteiger partial charge in [-0.2, -0.15) is 5.10 Å². The third kappa shape index (κ3) is 2.46. The molecular formula is C12H16N4. The van der Waals surface area contributed by atoms with E-state index < -0.39 is 0 Å². The van der Waals surface area contributed by atoms with Crippen molar-refractivity contribution in [3.05, 3.63) is 48.0 Å². The van der Waals surface area contributed by atoms with Gasteiger partial charge in [-0.15, -0.1) is 0 Å². The van der Waals surface area contributed by atoms with Crippen LogP contribution in [0.1, 0.15) is 24.2 Å². The summed E-state index contributed by atoms with van der Waals surface area (Å²) in [5, 5.41) is 7.59. The highest BCUT2D eigenvalue weighted by atomic mass is 15.3. The number of hydrogen-bond donors (Lipinski definition) is 1. The van der Waals surface area contributed by atoms with Crippen LogP contribution in [0.15, 0.2) is 36.8 Å². The van der Waals surface area contributed by atoms with E-state index in [1.165, 1.54) is 11.3 Å². The molecule has 0 aliphatic rings. The minimum Gasteiger partial charge on any atom is -0.305 e. The van der Waals surface area contributed by atoms with E-state index >= 15 is 0 Å². The molecule has 1 N–H and O–H groups in total. The van der Waals surface area contributed by atoms with Crippen molar-refractivity contribution < 1.29 is 0 Å². The second-order valence-corrected chi connectivity index (χ2v) is 3.83. The first-order valence-electron chi connectivity index (χ1n) is 5.37. The zero-order valence-electron chi connectivity index (χ0n) is 9.59. The highest BCUT2D eigenvalue weighted by molar-refractivity contribution is 5.14. The molecule has 2 heterocycles. The number of pyridine rings is 1. The molecule has 2 aromatic heterocycles. The van der Waals surface area contributed by atoms with Crippen LogP contribution in [0.4, 0.5) is 0 Å². The number of nitrogens with zero attached hydrogens (tertiary/aromatic N) is 3. The van der Waals surface area contributed by atoms with Crippen LogP contribution >= 0.6 is 0 Å². The van der Waals surface area contributed by atoms with Crippen molar-refractivity contribution in [2.45, 2.75) is 19.5 Å². The smallest absolute Gasteiger partial charge is 0.0518 e. The number of rotatable bonds is 4. The molecule has 0 saturated carbocycles. The predicted molar refractivity (Wildman–Crippen MR) is 62.7 cm³/mol. The summed E-state index contributed by atoms with van der Waals surface area (Å²) >= 11 is 0. The lowest BCUT2D eigenvalue weighted by Crippen LogP contribution is -2.19. The molecule has 0 spiro atoms. The van der Waals surface area contributed by atoms with Crippen molar-refractivity contribution in [3.8, 4) is 0 Å². The van der Waals surface area contributed by atoms with Crippen molar-refractivity contribution in [1.82, 2.24) is 20.1 Å². The van der Waals surface area contributed by atoms with Gasteiger partial charge < -0.3 is 5.32 Å². The zero-order valence-corrected chi connectivity index (χ0v) is 9.59. The van der Waals surface area contributed by atoms with Gasteiger partial charge >= 0.3 is 0 Å². The van der Waals surface area contributed by atoms with Crippen LogP contribution in [0.3, 0.4) is 0 Å². The fourth-order valence-corrected chi connectivity index (χ4v) is 1.60. The summed E-state index contributed by atoms with van der Waals surface area (Å²) in [5.74, 6) is 0. The van der Waals surface area contributed by atoms with Gasteiger partial charge in [-0.1, -0.05) is 0 Å². The average molecular weight is 216 g/mol. The molecule has 84 valence electrons. The van der Waals surface area contributed by atoms with E-state index in [1.54, 1.807) is 0 Å². The Morgan fingerprint density at radius 2 is 2.00 bits per heavy atom. The minimum absolute atomic E-state index is 0.318. The third-order valence-electron chi connectivity index (χ3n) is 2.72. The van der Waals surface area contributed by atoms with Crippen LogP contribution in [0.5, 0.6) is 0 Å². The summed E-state index contributed by atoms with van der Waals surface area (Å²) in [5.41, 5.74) is 2.43. The molecule has 0 aromatic carbocycles. The maximum absolute atomic E-state index is 4.13. The molecule has 0 fully saturated rings. The van der Waals surface area contributed by atoms with Gasteiger partial charge in [-0.25, -0.2) is 0 Å². The lowest BCUT2D eigenvalue weighted by atomic mass is 10.1. The van der Waals surface area contributed by atoms with Gasteiger partial charge in [-0.3, -0.25) is 9.67 Å². The molecule has 4 nitrogen and oxygen atoms in total. The van der Waals surface area contributed by atoms with Gasteiger partial charge in [0.2, 0.25) is 0 Å². The number of nitrogens with one attached hydrogen (secondary N) is 1. The molecule has 0 bridgehead atoms. The van der Waals surface area contributed by atoms with E-state index in [4.69, 9.17) is 0 Å². The highest BCUT2D eigenvalue weighted by Crippen LogP contribution is 2.10. The maximum atomic E-state index is 4.13. The Labute approximate surface area is 95.3 Å². The van der Waals surface area contributed by atoms with E-state index in [9.17, 15) is 0 Å². The van der Waals surface area contributed by atoms with Crippen molar-refractivity contribution in [1.29, 1.82) is 0 Å². The fourth-order valence-electron chi connectivity index (χ4n) is 1.60. The summed E-state index contributed by atoms with van der Waals surface area (Å²) in [7, 11) is 1.95. The molecule has 0 unspecified atom stereocenters. The summed E-state index contributed by atoms with van der Waals surface area (Å²) in [4.78, 5) is 4.01. The predicted octanol–water partition coefficient (Wildman–Crippen LogP) is 1.67. The molecule has 0 radical (unpaired) electrons. The molecule has 0 saturated heterocycles. The summed E-state index contributed by atoms with van der Waals surface area (Å²) in [6, 6.07) is 6.39. The van der Waals surface area contributed by atoms with Gasteiger partial charge in [0.05, 0.1) is 5.69 Å². The normalized spacial score (nSPS) is 12.6. The first kappa shape index (κ1) is 10.8. The van der Waals surface area contributed by atoms with Crippen LogP contribution in [-0.4, -0.2) is 14.8 Å². The van der Waals surface area contributed by atoms with Gasteiger partial charge in [0.1, 0.15) is 0 Å². The van der Waals surface area contributed by atoms with E-state index in [0.29, 0.717) is 6.04 Å². The first-order chi connectivity index (χ1) is 7.77. The van der Waals surface area contributed by atoms with E-state index in [2.05, 4.69) is 22.3 Å². The quantitative estimate of drug-likeness (QED) is 0.845. The van der Waals surface area contributed by atoms with Gasteiger partial charge in [-0.05, 0) is 30.7 Å². The second-order valence-electron chi connectivity index (χ2n) is 3.83. The Kier molecular flexibility index (Phi) is 3.31. The monoisotopic (exact) mass is 216 g/mol. The van der Waals surface area contributed by atoms with E-state index in [-0.39, 0.29) is 0 Å². The van der Waals surface area contributed by atoms with Crippen molar-refractivity contribution in [3.63, 3.8) is 0 Å². The standard InChI is InChI=1S/C12H16N4/c1-10(11-3-6-13-7-4-11)14-9-12-5-8-15-16(12)2/h3-8,10,14H,9H2,1-2H3/t10-/m1/s1. The number of aromatic nitrogens is 3. The van der Waals surface area contributed by atoms with E-state index in [1.807, 2.05) is 48.5 Å². The largest absolute Gasteiger partial charge is 0.305 e. The van der Waals surface area contributed by atoms with Crippen molar-refractivity contribution in [2.75, 3.05) is 0 Å². The Morgan fingerprint density at radius 3 is 2.62 bits per heavy atom. The second kappa shape index (κ2) is 4.90. The number of hydrogen-bond acceptors (Lipinski definition) is 3. The number of aryl methyl sites for hydroxylation is 1. The lowest BCUT2D eigenvalue weighted by molar-refractivity contribution is 0.548. The summed E-state index contributed by atoms with van der Waals surface area (Å²) in [6.07, 6.45) is 5.45. The average Bonchev–Trinajstić information content (AvgIpc) is 2.73. The molecule has 2 rings (SSSR count). The SMILES string of the molecule is C[C@@H](NCc1ccnn1C)c1ccncc1. The zero-order chi connectivity index (χ0) is 11.4. The first-order valence-corrected chi connectivity index (χ1v) is 5.37. The van der Waals surface area contributed by atoms with Crippen LogP contribution in [0.25, 0.3) is 0 Å². The molecule has 2 aromatic rings. The van der Waals surface area contributed by atoms with Crippen molar-refractivity contribution >= 4 is 0 Å². The molecule has 4 heteroatoms. The molecule has 16 heavy (non-hydrogen) atoms. The Hall–Kier alpha value is -1.68. The molecule has 0 aliphatic heterocycles. The van der Waals surface area contributed by atoms with Gasteiger partial charge in [0.15, 0.2) is 0 Å². The Balaban J connectivity index is 1.94.